The van der Waals surface area contributed by atoms with Crippen molar-refractivity contribution in [3.05, 3.63) is 79.9 Å². The number of methoxy groups -OCH3 is 1. The predicted octanol–water partition coefficient (Wildman–Crippen LogP) is 4.76. The van der Waals surface area contributed by atoms with Crippen molar-refractivity contribution in [2.24, 2.45) is 0 Å². The van der Waals surface area contributed by atoms with Gasteiger partial charge in [-0.1, -0.05) is 73.1 Å². The summed E-state index contributed by atoms with van der Waals surface area (Å²) in [6, 6.07) is 13.8. The first-order chi connectivity index (χ1) is 16.1. The van der Waals surface area contributed by atoms with E-state index in [4.69, 9.17) is 9.47 Å². The van der Waals surface area contributed by atoms with Gasteiger partial charge in [0.05, 0.1) is 18.2 Å². The maximum absolute atomic E-state index is 12.8. The smallest absolute Gasteiger partial charge is 0.291 e. The standard InChI is InChI=1S/C26H27N3O3S/c1-4-5-6-15-32-21-13-11-20(16-22(21)31-3)17-23-25(30)29-26(33-23)27-24(28-29)14-12-19-9-7-18(2)8-10-19/h7-14,16-17H,4-6,15H2,1-3H3/b14-12+,23-17+. The summed E-state index contributed by atoms with van der Waals surface area (Å²) >= 11 is 1.32. The zero-order valence-corrected chi connectivity index (χ0v) is 19.9. The second-order valence-corrected chi connectivity index (χ2v) is 8.80. The van der Waals surface area contributed by atoms with E-state index in [-0.39, 0.29) is 5.56 Å². The van der Waals surface area contributed by atoms with Gasteiger partial charge in [0.1, 0.15) is 0 Å². The number of ether oxygens (including phenoxy) is 2. The summed E-state index contributed by atoms with van der Waals surface area (Å²) in [5, 5.41) is 4.36. The highest BCUT2D eigenvalue weighted by Crippen LogP contribution is 2.28. The van der Waals surface area contributed by atoms with E-state index < -0.39 is 0 Å². The van der Waals surface area contributed by atoms with Crippen molar-refractivity contribution in [3.8, 4) is 11.5 Å². The monoisotopic (exact) mass is 461 g/mol. The molecule has 170 valence electrons. The Labute approximate surface area is 196 Å². The van der Waals surface area contributed by atoms with Gasteiger partial charge in [-0.15, -0.1) is 5.10 Å². The molecule has 2 heterocycles. The van der Waals surface area contributed by atoms with Gasteiger partial charge in [0.15, 0.2) is 17.3 Å². The lowest BCUT2D eigenvalue weighted by Crippen LogP contribution is -2.23. The molecule has 33 heavy (non-hydrogen) atoms. The molecule has 0 aliphatic rings. The van der Waals surface area contributed by atoms with Crippen LogP contribution in [0.4, 0.5) is 0 Å². The van der Waals surface area contributed by atoms with Gasteiger partial charge in [0.2, 0.25) is 4.96 Å². The number of unbranched alkanes of at least 4 members (excludes halogenated alkanes) is 2. The molecule has 0 N–H and O–H groups in total. The summed E-state index contributed by atoms with van der Waals surface area (Å²) in [7, 11) is 1.62. The number of rotatable bonds is 9. The number of thiazole rings is 1. The van der Waals surface area contributed by atoms with Crippen LogP contribution in [0.3, 0.4) is 0 Å². The number of benzene rings is 2. The van der Waals surface area contributed by atoms with E-state index in [1.54, 1.807) is 7.11 Å². The SMILES string of the molecule is CCCCCOc1ccc(/C=c2/sc3nc(/C=C/c4ccc(C)cc4)nn3c2=O)cc1OC. The fourth-order valence-electron chi connectivity index (χ4n) is 3.35. The summed E-state index contributed by atoms with van der Waals surface area (Å²) in [5.41, 5.74) is 2.94. The Hall–Kier alpha value is -3.45. The zero-order valence-electron chi connectivity index (χ0n) is 19.1. The Morgan fingerprint density at radius 1 is 1.03 bits per heavy atom. The normalized spacial score (nSPS) is 12.2. The lowest BCUT2D eigenvalue weighted by Gasteiger charge is -2.11. The molecular formula is C26H27N3O3S. The molecule has 4 rings (SSSR count). The van der Waals surface area contributed by atoms with E-state index >= 15 is 0 Å². The van der Waals surface area contributed by atoms with Crippen molar-refractivity contribution in [1.29, 1.82) is 0 Å². The molecule has 0 spiro atoms. The lowest BCUT2D eigenvalue weighted by atomic mass is 10.1. The van der Waals surface area contributed by atoms with Crippen LogP contribution in [0.1, 0.15) is 48.7 Å². The molecule has 6 nitrogen and oxygen atoms in total. The molecule has 0 fully saturated rings. The molecule has 0 aliphatic carbocycles. The third-order valence-corrected chi connectivity index (χ3v) is 6.15. The molecule has 0 saturated heterocycles. The van der Waals surface area contributed by atoms with Gasteiger partial charge in [-0.2, -0.15) is 9.50 Å². The average Bonchev–Trinajstić information content (AvgIpc) is 3.35. The van der Waals surface area contributed by atoms with Crippen molar-refractivity contribution in [3.63, 3.8) is 0 Å². The van der Waals surface area contributed by atoms with Crippen LogP contribution >= 0.6 is 11.3 Å². The summed E-state index contributed by atoms with van der Waals surface area (Å²) < 4.78 is 13.2. The number of hydrogen-bond acceptors (Lipinski definition) is 6. The molecule has 7 heteroatoms. The summed E-state index contributed by atoms with van der Waals surface area (Å²) in [5.74, 6) is 1.87. The molecule has 0 aliphatic heterocycles. The molecule has 2 aromatic heterocycles. The molecule has 0 saturated carbocycles. The minimum atomic E-state index is -0.184. The number of fused-ring (bicyclic) bond motifs is 1. The fourth-order valence-corrected chi connectivity index (χ4v) is 4.26. The van der Waals surface area contributed by atoms with Gasteiger partial charge >= 0.3 is 0 Å². The number of aromatic nitrogens is 3. The maximum atomic E-state index is 12.8. The fraction of sp³-hybridized carbons (Fsp3) is 0.269. The van der Waals surface area contributed by atoms with E-state index in [2.05, 4.69) is 36.1 Å². The van der Waals surface area contributed by atoms with E-state index in [9.17, 15) is 4.79 Å². The molecule has 0 atom stereocenters. The molecule has 4 aromatic rings. The van der Waals surface area contributed by atoms with Gasteiger partial charge in [-0.05, 0) is 48.8 Å². The van der Waals surface area contributed by atoms with E-state index in [0.717, 1.165) is 30.4 Å². The Kier molecular flexibility index (Phi) is 7.19. The second kappa shape index (κ2) is 10.4. The predicted molar refractivity (Wildman–Crippen MR) is 134 cm³/mol. The highest BCUT2D eigenvalue weighted by atomic mass is 32.1. The molecule has 0 radical (unpaired) electrons. The van der Waals surface area contributed by atoms with Gasteiger partial charge in [0.25, 0.3) is 5.56 Å². The number of aryl methyl sites for hydroxylation is 1. The van der Waals surface area contributed by atoms with E-state index in [1.807, 2.05) is 48.6 Å². The molecular weight excluding hydrogens is 434 g/mol. The van der Waals surface area contributed by atoms with Gasteiger partial charge in [-0.25, -0.2) is 0 Å². The summed E-state index contributed by atoms with van der Waals surface area (Å²) in [4.78, 5) is 17.9. The largest absolute Gasteiger partial charge is 0.493 e. The van der Waals surface area contributed by atoms with Crippen molar-refractivity contribution >= 4 is 34.5 Å². The Morgan fingerprint density at radius 3 is 2.55 bits per heavy atom. The zero-order chi connectivity index (χ0) is 23.2. The van der Waals surface area contributed by atoms with Gasteiger partial charge < -0.3 is 9.47 Å². The van der Waals surface area contributed by atoms with Crippen molar-refractivity contribution in [2.75, 3.05) is 13.7 Å². The Balaban J connectivity index is 1.55. The van der Waals surface area contributed by atoms with E-state index in [0.29, 0.717) is 33.4 Å². The molecule has 0 amide bonds. The summed E-state index contributed by atoms with van der Waals surface area (Å²) in [6.07, 6.45) is 8.88. The highest BCUT2D eigenvalue weighted by Gasteiger charge is 2.10. The summed E-state index contributed by atoms with van der Waals surface area (Å²) in [6.45, 7) is 4.87. The van der Waals surface area contributed by atoms with Crippen LogP contribution in [0.25, 0.3) is 23.2 Å². The maximum Gasteiger partial charge on any atom is 0.291 e. The van der Waals surface area contributed by atoms with Crippen LogP contribution in [-0.4, -0.2) is 28.3 Å². The Morgan fingerprint density at radius 2 is 1.82 bits per heavy atom. The lowest BCUT2D eigenvalue weighted by molar-refractivity contribution is 0.286. The quantitative estimate of drug-likeness (QED) is 0.337. The topological polar surface area (TPSA) is 65.7 Å². The van der Waals surface area contributed by atoms with Crippen molar-refractivity contribution in [1.82, 2.24) is 14.6 Å². The first-order valence-electron chi connectivity index (χ1n) is 11.0. The minimum Gasteiger partial charge on any atom is -0.493 e. The van der Waals surface area contributed by atoms with Crippen LogP contribution in [-0.2, 0) is 0 Å². The first-order valence-corrected chi connectivity index (χ1v) is 11.9. The van der Waals surface area contributed by atoms with Crippen LogP contribution < -0.4 is 19.6 Å². The van der Waals surface area contributed by atoms with Gasteiger partial charge in [-0.3, -0.25) is 4.79 Å². The highest BCUT2D eigenvalue weighted by molar-refractivity contribution is 7.15. The van der Waals surface area contributed by atoms with Crippen molar-refractivity contribution in [2.45, 2.75) is 33.1 Å². The number of hydrogen-bond donors (Lipinski definition) is 0. The second-order valence-electron chi connectivity index (χ2n) is 7.79. The van der Waals surface area contributed by atoms with Crippen LogP contribution in [0.15, 0.2) is 47.3 Å². The first kappa shape index (κ1) is 22.7. The van der Waals surface area contributed by atoms with Crippen molar-refractivity contribution < 1.29 is 9.47 Å². The van der Waals surface area contributed by atoms with Crippen LogP contribution in [0, 0.1) is 6.92 Å². The third kappa shape index (κ3) is 5.49. The molecule has 2 aromatic carbocycles. The molecule has 0 bridgehead atoms. The van der Waals surface area contributed by atoms with Crippen LogP contribution in [0.2, 0.25) is 0 Å². The number of nitrogens with zero attached hydrogens (tertiary/aromatic N) is 3. The average molecular weight is 462 g/mol. The Bertz CT molecular complexity index is 1370. The van der Waals surface area contributed by atoms with Crippen LogP contribution in [0.5, 0.6) is 11.5 Å². The van der Waals surface area contributed by atoms with E-state index in [1.165, 1.54) is 21.4 Å². The third-order valence-electron chi connectivity index (χ3n) is 5.19. The minimum absolute atomic E-state index is 0.184. The molecule has 0 unspecified atom stereocenters. The van der Waals surface area contributed by atoms with Gasteiger partial charge in [0, 0.05) is 0 Å².